The van der Waals surface area contributed by atoms with E-state index in [1.165, 1.54) is 0 Å². The molecule has 0 saturated carbocycles. The van der Waals surface area contributed by atoms with E-state index in [1.54, 1.807) is 0 Å². The lowest BCUT2D eigenvalue weighted by atomic mass is 10.2. The standard InChI is InChI=1S/C12H15Br2NO2/c1-2-17-7-3-4-12(16)15-11-6-5-9(13)8-10(11)14/h5-6,8H,2-4,7H2,1H3,(H,15,16). The molecule has 0 aliphatic carbocycles. The van der Waals surface area contributed by atoms with Crippen molar-refractivity contribution in [2.24, 2.45) is 0 Å². The molecule has 0 aromatic heterocycles. The number of hydrogen-bond donors (Lipinski definition) is 1. The number of ether oxygens (including phenoxy) is 1. The first-order valence-electron chi connectivity index (χ1n) is 5.46. The van der Waals surface area contributed by atoms with Gasteiger partial charge in [-0.05, 0) is 47.5 Å². The number of benzene rings is 1. The number of halogens is 2. The van der Waals surface area contributed by atoms with Crippen LogP contribution in [-0.2, 0) is 9.53 Å². The largest absolute Gasteiger partial charge is 0.382 e. The minimum atomic E-state index is 0.00715. The molecule has 0 heterocycles. The average Bonchev–Trinajstić information content (AvgIpc) is 2.28. The van der Waals surface area contributed by atoms with Crippen molar-refractivity contribution in [3.05, 3.63) is 27.1 Å². The van der Waals surface area contributed by atoms with Crippen LogP contribution in [0.25, 0.3) is 0 Å². The third kappa shape index (κ3) is 5.66. The summed E-state index contributed by atoms with van der Waals surface area (Å²) < 4.78 is 7.01. The van der Waals surface area contributed by atoms with E-state index in [4.69, 9.17) is 4.74 Å². The molecule has 0 bridgehead atoms. The molecule has 17 heavy (non-hydrogen) atoms. The molecule has 1 aromatic rings. The molecule has 3 nitrogen and oxygen atoms in total. The summed E-state index contributed by atoms with van der Waals surface area (Å²) >= 11 is 6.76. The lowest BCUT2D eigenvalue weighted by Crippen LogP contribution is -2.12. The Hall–Kier alpha value is -0.390. The van der Waals surface area contributed by atoms with Gasteiger partial charge in [-0.25, -0.2) is 0 Å². The number of carbonyl (C=O) groups is 1. The highest BCUT2D eigenvalue weighted by atomic mass is 79.9. The van der Waals surface area contributed by atoms with Gasteiger partial charge in [-0.1, -0.05) is 15.9 Å². The van der Waals surface area contributed by atoms with Crippen molar-refractivity contribution in [2.45, 2.75) is 19.8 Å². The highest BCUT2D eigenvalue weighted by molar-refractivity contribution is 9.11. The van der Waals surface area contributed by atoms with Crippen molar-refractivity contribution in [1.82, 2.24) is 0 Å². The first-order chi connectivity index (χ1) is 8.13. The lowest BCUT2D eigenvalue weighted by Gasteiger charge is -2.07. The topological polar surface area (TPSA) is 38.3 Å². The zero-order valence-electron chi connectivity index (χ0n) is 9.63. The molecule has 0 aliphatic heterocycles. The Morgan fingerprint density at radius 2 is 2.18 bits per heavy atom. The van der Waals surface area contributed by atoms with Gasteiger partial charge in [-0.15, -0.1) is 0 Å². The fraction of sp³-hybridized carbons (Fsp3) is 0.417. The quantitative estimate of drug-likeness (QED) is 0.775. The third-order valence-corrected chi connectivity index (χ3v) is 3.25. The Balaban J connectivity index is 2.40. The molecule has 1 aromatic carbocycles. The summed E-state index contributed by atoms with van der Waals surface area (Å²) in [5.41, 5.74) is 0.787. The van der Waals surface area contributed by atoms with Crippen LogP contribution >= 0.6 is 31.9 Å². The summed E-state index contributed by atoms with van der Waals surface area (Å²) in [4.78, 5) is 11.6. The molecule has 0 atom stereocenters. The van der Waals surface area contributed by atoms with Crippen LogP contribution in [0, 0.1) is 0 Å². The van der Waals surface area contributed by atoms with Crippen molar-refractivity contribution < 1.29 is 9.53 Å². The minimum absolute atomic E-state index is 0.00715. The maximum Gasteiger partial charge on any atom is 0.224 e. The maximum atomic E-state index is 11.6. The zero-order chi connectivity index (χ0) is 12.7. The zero-order valence-corrected chi connectivity index (χ0v) is 12.8. The Labute approximate surface area is 118 Å². The van der Waals surface area contributed by atoms with Crippen molar-refractivity contribution in [3.8, 4) is 0 Å². The van der Waals surface area contributed by atoms with Gasteiger partial charge in [-0.2, -0.15) is 0 Å². The molecular weight excluding hydrogens is 350 g/mol. The molecule has 0 unspecified atom stereocenters. The highest BCUT2D eigenvalue weighted by Crippen LogP contribution is 2.26. The van der Waals surface area contributed by atoms with E-state index >= 15 is 0 Å². The van der Waals surface area contributed by atoms with Gasteiger partial charge in [0.05, 0.1) is 5.69 Å². The minimum Gasteiger partial charge on any atom is -0.382 e. The first kappa shape index (κ1) is 14.7. The molecule has 1 N–H and O–H groups in total. The first-order valence-corrected chi connectivity index (χ1v) is 7.04. The summed E-state index contributed by atoms with van der Waals surface area (Å²) in [5, 5.41) is 2.85. The van der Waals surface area contributed by atoms with E-state index in [0.717, 1.165) is 21.1 Å². The van der Waals surface area contributed by atoms with Crippen molar-refractivity contribution >= 4 is 43.5 Å². The molecule has 94 valence electrons. The summed E-state index contributed by atoms with van der Waals surface area (Å²) in [6.07, 6.45) is 1.22. The maximum absolute atomic E-state index is 11.6. The van der Waals surface area contributed by atoms with Gasteiger partial charge in [-0.3, -0.25) is 4.79 Å². The van der Waals surface area contributed by atoms with Crippen molar-refractivity contribution in [3.63, 3.8) is 0 Å². The van der Waals surface area contributed by atoms with Crippen LogP contribution < -0.4 is 5.32 Å². The molecule has 5 heteroatoms. The number of rotatable bonds is 6. The van der Waals surface area contributed by atoms with Crippen molar-refractivity contribution in [1.29, 1.82) is 0 Å². The average molecular weight is 365 g/mol. The van der Waals surface area contributed by atoms with Crippen LogP contribution in [0.1, 0.15) is 19.8 Å². The summed E-state index contributed by atoms with van der Waals surface area (Å²) in [5.74, 6) is 0.00715. The SMILES string of the molecule is CCOCCCC(=O)Nc1ccc(Br)cc1Br. The van der Waals surface area contributed by atoms with Gasteiger partial charge in [0, 0.05) is 28.6 Å². The van der Waals surface area contributed by atoms with E-state index in [0.29, 0.717) is 19.6 Å². The van der Waals surface area contributed by atoms with E-state index in [2.05, 4.69) is 37.2 Å². The molecule has 0 spiro atoms. The molecule has 1 amide bonds. The number of hydrogen-bond acceptors (Lipinski definition) is 2. The summed E-state index contributed by atoms with van der Waals surface area (Å²) in [6.45, 7) is 3.27. The van der Waals surface area contributed by atoms with Gasteiger partial charge >= 0.3 is 0 Å². The second kappa shape index (κ2) is 7.84. The van der Waals surface area contributed by atoms with Gasteiger partial charge in [0.1, 0.15) is 0 Å². The third-order valence-electron chi connectivity index (χ3n) is 2.10. The second-order valence-corrected chi connectivity index (χ2v) is 5.24. The Morgan fingerprint density at radius 1 is 1.41 bits per heavy atom. The molecule has 0 saturated heterocycles. The fourth-order valence-electron chi connectivity index (χ4n) is 1.28. The molecular formula is C12H15Br2NO2. The highest BCUT2D eigenvalue weighted by Gasteiger charge is 2.05. The van der Waals surface area contributed by atoms with Crippen LogP contribution in [0.2, 0.25) is 0 Å². The van der Waals surface area contributed by atoms with E-state index in [1.807, 2.05) is 25.1 Å². The number of carbonyl (C=O) groups excluding carboxylic acids is 1. The molecule has 0 fully saturated rings. The summed E-state index contributed by atoms with van der Waals surface area (Å²) in [6, 6.07) is 5.64. The van der Waals surface area contributed by atoms with Gasteiger partial charge in [0.25, 0.3) is 0 Å². The van der Waals surface area contributed by atoms with Crippen LogP contribution in [0.3, 0.4) is 0 Å². The van der Waals surface area contributed by atoms with E-state index in [9.17, 15) is 4.79 Å². The predicted octanol–water partition coefficient (Wildman–Crippen LogP) is 3.97. The van der Waals surface area contributed by atoms with E-state index in [-0.39, 0.29) is 5.91 Å². The van der Waals surface area contributed by atoms with Crippen LogP contribution in [0.15, 0.2) is 27.1 Å². The van der Waals surface area contributed by atoms with Crippen LogP contribution in [-0.4, -0.2) is 19.1 Å². The second-order valence-electron chi connectivity index (χ2n) is 3.47. The van der Waals surface area contributed by atoms with E-state index < -0.39 is 0 Å². The van der Waals surface area contributed by atoms with Crippen LogP contribution in [0.4, 0.5) is 5.69 Å². The monoisotopic (exact) mass is 363 g/mol. The molecule has 0 aliphatic rings. The Morgan fingerprint density at radius 3 is 2.82 bits per heavy atom. The predicted molar refractivity (Wildman–Crippen MR) is 76.2 cm³/mol. The number of amides is 1. The summed E-state index contributed by atoms with van der Waals surface area (Å²) in [7, 11) is 0. The molecule has 1 rings (SSSR count). The van der Waals surface area contributed by atoms with Gasteiger partial charge in [0.15, 0.2) is 0 Å². The fourth-order valence-corrected chi connectivity index (χ4v) is 2.43. The van der Waals surface area contributed by atoms with Crippen molar-refractivity contribution in [2.75, 3.05) is 18.5 Å². The van der Waals surface area contributed by atoms with Gasteiger partial charge in [0.2, 0.25) is 5.91 Å². The normalized spacial score (nSPS) is 10.3. The Bertz CT molecular complexity index is 383. The molecule has 0 radical (unpaired) electrons. The number of nitrogens with one attached hydrogen (secondary N) is 1. The Kier molecular flexibility index (Phi) is 6.77. The smallest absolute Gasteiger partial charge is 0.224 e. The number of anilines is 1. The van der Waals surface area contributed by atoms with Gasteiger partial charge < -0.3 is 10.1 Å². The lowest BCUT2D eigenvalue weighted by molar-refractivity contribution is -0.116. The van der Waals surface area contributed by atoms with Crippen LogP contribution in [0.5, 0.6) is 0 Å².